The minimum absolute atomic E-state index is 0.0935. The number of carbonyl (C=O) groups excluding carboxylic acids is 1. The van der Waals surface area contributed by atoms with Gasteiger partial charge in [-0.3, -0.25) is 18.9 Å². The van der Waals surface area contributed by atoms with Crippen molar-refractivity contribution in [1.82, 2.24) is 9.55 Å². The van der Waals surface area contributed by atoms with Gasteiger partial charge in [0.1, 0.15) is 24.5 Å². The van der Waals surface area contributed by atoms with Gasteiger partial charge in [0.15, 0.2) is 6.29 Å². The molecule has 1 aliphatic rings. The van der Waals surface area contributed by atoms with E-state index in [1.807, 2.05) is 0 Å². The third kappa shape index (κ3) is 10.5. The third-order valence-corrected chi connectivity index (χ3v) is 6.66. The predicted molar refractivity (Wildman–Crippen MR) is 114 cm³/mol. The van der Waals surface area contributed by atoms with Crippen LogP contribution in [0.2, 0.25) is 0 Å². The first-order valence-corrected chi connectivity index (χ1v) is 12.9. The summed E-state index contributed by atoms with van der Waals surface area (Å²) in [6, 6.07) is 0. The Kier molecular flexibility index (Phi) is 11.8. The first kappa shape index (κ1) is 31.4. The molecule has 1 aromatic heterocycles. The first-order chi connectivity index (χ1) is 16.0. The molecule has 0 aromatic carbocycles. The molecule has 17 nitrogen and oxygen atoms in total. The van der Waals surface area contributed by atoms with Crippen LogP contribution >= 0.6 is 15.6 Å². The van der Waals surface area contributed by atoms with E-state index in [9.17, 15) is 28.4 Å². The molecule has 0 spiro atoms. The SMILES string of the molecule is CC(O)C(O)C(O)C(O)C=O.Cc1cn([C@H]2CC[C@@H](COP(=O)(O)OP(=O)(O)O)O2)c(=O)[nH]c1=O. The topological polar surface area (TPSA) is 275 Å². The molecular weight excluding hydrogens is 522 g/mol. The lowest BCUT2D eigenvalue weighted by Gasteiger charge is -2.21. The minimum atomic E-state index is -5.18. The Bertz CT molecular complexity index is 1050. The van der Waals surface area contributed by atoms with Gasteiger partial charge in [-0.15, -0.1) is 0 Å². The predicted octanol–water partition coefficient (Wildman–Crippen LogP) is -2.60. The summed E-state index contributed by atoms with van der Waals surface area (Å²) < 4.78 is 36.7. The number of aliphatic hydroxyl groups excluding tert-OH is 4. The summed E-state index contributed by atoms with van der Waals surface area (Å²) in [5, 5.41) is 35.1. The number of aldehydes is 1. The van der Waals surface area contributed by atoms with Gasteiger partial charge in [-0.25, -0.2) is 13.9 Å². The molecule has 0 bridgehead atoms. The Balaban J connectivity index is 0.000000471. The maximum Gasteiger partial charge on any atom is 0.481 e. The van der Waals surface area contributed by atoms with Crippen molar-refractivity contribution in [2.24, 2.45) is 0 Å². The van der Waals surface area contributed by atoms with Gasteiger partial charge in [-0.1, -0.05) is 0 Å². The molecule has 2 heterocycles. The fourth-order valence-electron chi connectivity index (χ4n) is 2.72. The van der Waals surface area contributed by atoms with Crippen LogP contribution in [0, 0.1) is 6.92 Å². The summed E-state index contributed by atoms with van der Waals surface area (Å²) in [4.78, 5) is 61.3. The smallest absolute Gasteiger partial charge is 0.391 e. The molecule has 202 valence electrons. The van der Waals surface area contributed by atoms with Crippen LogP contribution in [0.5, 0.6) is 0 Å². The van der Waals surface area contributed by atoms with E-state index in [-0.39, 0.29) is 6.29 Å². The number of phosphoric acid groups is 2. The van der Waals surface area contributed by atoms with E-state index in [1.54, 1.807) is 0 Å². The van der Waals surface area contributed by atoms with Gasteiger partial charge >= 0.3 is 21.3 Å². The van der Waals surface area contributed by atoms with E-state index >= 15 is 0 Å². The van der Waals surface area contributed by atoms with Crippen molar-refractivity contribution in [3.05, 3.63) is 32.6 Å². The van der Waals surface area contributed by atoms with Crippen LogP contribution < -0.4 is 11.2 Å². The van der Waals surface area contributed by atoms with E-state index in [4.69, 9.17) is 34.9 Å². The number of hydrogen-bond acceptors (Lipinski definition) is 12. The number of carbonyl (C=O) groups is 1. The van der Waals surface area contributed by atoms with Crippen LogP contribution in [0.4, 0.5) is 0 Å². The highest BCUT2D eigenvalue weighted by Gasteiger charge is 2.35. The van der Waals surface area contributed by atoms with Crippen LogP contribution in [0.3, 0.4) is 0 Å². The van der Waals surface area contributed by atoms with E-state index in [0.717, 1.165) is 0 Å². The van der Waals surface area contributed by atoms with Crippen molar-refractivity contribution >= 4 is 21.9 Å². The van der Waals surface area contributed by atoms with Gasteiger partial charge < -0.3 is 44.6 Å². The number of hydrogen-bond donors (Lipinski definition) is 8. The van der Waals surface area contributed by atoms with Gasteiger partial charge in [0.25, 0.3) is 5.56 Å². The first-order valence-electron chi connectivity index (χ1n) is 9.86. The lowest BCUT2D eigenvalue weighted by Crippen LogP contribution is -2.43. The zero-order valence-electron chi connectivity index (χ0n) is 18.5. The number of aromatic nitrogens is 2. The summed E-state index contributed by atoms with van der Waals surface area (Å²) in [5.41, 5.74) is -0.854. The average molecular weight is 550 g/mol. The number of aryl methyl sites for hydroxylation is 1. The lowest BCUT2D eigenvalue weighted by atomic mass is 10.1. The molecule has 5 unspecified atom stereocenters. The van der Waals surface area contributed by atoms with Crippen molar-refractivity contribution in [3.63, 3.8) is 0 Å². The van der Waals surface area contributed by atoms with Crippen molar-refractivity contribution < 1.29 is 62.6 Å². The van der Waals surface area contributed by atoms with Crippen LogP contribution in [0.1, 0.15) is 31.6 Å². The number of aliphatic hydroxyl groups is 4. The molecular formula is C16H28N2O15P2. The molecule has 1 saturated heterocycles. The van der Waals surface area contributed by atoms with E-state index < -0.39 is 70.2 Å². The molecule has 1 fully saturated rings. The summed E-state index contributed by atoms with van der Waals surface area (Å²) in [6.45, 7) is 2.29. The number of ether oxygens (including phenoxy) is 1. The fraction of sp³-hybridized carbons (Fsp3) is 0.688. The molecule has 0 aliphatic carbocycles. The Morgan fingerprint density at radius 1 is 1.17 bits per heavy atom. The molecule has 2 rings (SSSR count). The Hall–Kier alpha value is -1.59. The molecule has 1 aromatic rings. The molecule has 1 aliphatic heterocycles. The molecule has 0 radical (unpaired) electrons. The van der Waals surface area contributed by atoms with Gasteiger partial charge in [0.05, 0.1) is 18.8 Å². The Morgan fingerprint density at radius 2 is 1.77 bits per heavy atom. The summed E-state index contributed by atoms with van der Waals surface area (Å²) in [7, 11) is -10.1. The van der Waals surface area contributed by atoms with Crippen LogP contribution in [-0.4, -0.2) is 88.1 Å². The fourth-order valence-corrected chi connectivity index (χ4v) is 4.34. The number of nitrogens with zero attached hydrogens (tertiary/aromatic N) is 1. The molecule has 8 N–H and O–H groups in total. The van der Waals surface area contributed by atoms with Gasteiger partial charge in [0, 0.05) is 11.8 Å². The summed E-state index contributed by atoms with van der Waals surface area (Å²) in [6.07, 6.45) is -5.22. The summed E-state index contributed by atoms with van der Waals surface area (Å²) in [5.74, 6) is 0. The number of nitrogens with one attached hydrogen (secondary N) is 1. The Morgan fingerprint density at radius 3 is 2.29 bits per heavy atom. The van der Waals surface area contributed by atoms with Crippen molar-refractivity contribution in [2.75, 3.05) is 6.61 Å². The number of phosphoric ester groups is 1. The van der Waals surface area contributed by atoms with Gasteiger partial charge in [0.2, 0.25) is 0 Å². The van der Waals surface area contributed by atoms with Crippen LogP contribution in [0.25, 0.3) is 0 Å². The van der Waals surface area contributed by atoms with Gasteiger partial charge in [-0.2, -0.15) is 4.31 Å². The number of H-pyrrole nitrogens is 1. The highest BCUT2D eigenvalue weighted by Crippen LogP contribution is 2.57. The van der Waals surface area contributed by atoms with Crippen molar-refractivity contribution in [3.8, 4) is 0 Å². The lowest BCUT2D eigenvalue weighted by molar-refractivity contribution is -0.132. The molecule has 35 heavy (non-hydrogen) atoms. The largest absolute Gasteiger partial charge is 0.481 e. The van der Waals surface area contributed by atoms with Gasteiger partial charge in [-0.05, 0) is 26.7 Å². The highest BCUT2D eigenvalue weighted by molar-refractivity contribution is 7.60. The molecule has 7 atom stereocenters. The number of rotatable bonds is 10. The molecule has 0 saturated carbocycles. The summed E-state index contributed by atoms with van der Waals surface area (Å²) >= 11 is 0. The van der Waals surface area contributed by atoms with Crippen LogP contribution in [-0.2, 0) is 27.5 Å². The molecule has 19 heteroatoms. The standard InChI is InChI=1S/C10H16N2O10P2.C6H12O5/c1-6-4-12(10(14)11-9(6)13)8-3-2-7(21-8)5-20-24(18,19)22-23(15,16)17;1-3(8)5(10)6(11)4(9)2-7/h4,7-8H,2-3,5H2,1H3,(H,18,19)(H,11,13,14)(H2,15,16,17);2-6,8-11H,1H3/t7-,8+;/m0./s1. The Labute approximate surface area is 197 Å². The third-order valence-electron chi connectivity index (χ3n) is 4.51. The normalized spacial score (nSPS) is 23.3. The maximum absolute atomic E-state index is 11.8. The van der Waals surface area contributed by atoms with E-state index in [2.05, 4.69) is 13.8 Å². The monoisotopic (exact) mass is 550 g/mol. The second kappa shape index (κ2) is 13.1. The van der Waals surface area contributed by atoms with E-state index in [0.29, 0.717) is 18.4 Å². The average Bonchev–Trinajstić information content (AvgIpc) is 3.21. The van der Waals surface area contributed by atoms with E-state index in [1.165, 1.54) is 24.6 Å². The zero-order valence-corrected chi connectivity index (χ0v) is 20.3. The highest BCUT2D eigenvalue weighted by atomic mass is 31.3. The maximum atomic E-state index is 11.8. The van der Waals surface area contributed by atoms with Crippen LogP contribution in [0.15, 0.2) is 15.8 Å². The van der Waals surface area contributed by atoms with Crippen molar-refractivity contribution in [2.45, 2.75) is 63.4 Å². The van der Waals surface area contributed by atoms with Crippen molar-refractivity contribution in [1.29, 1.82) is 0 Å². The quantitative estimate of drug-likeness (QED) is 0.109. The molecule has 0 amide bonds. The second-order valence-electron chi connectivity index (χ2n) is 7.45. The number of aromatic amines is 1. The minimum Gasteiger partial charge on any atom is -0.391 e. The zero-order chi connectivity index (χ0) is 27.1. The second-order valence-corrected chi connectivity index (χ2v) is 10.3.